The van der Waals surface area contributed by atoms with Crippen molar-refractivity contribution in [1.29, 1.82) is 0 Å². The largest absolute Gasteiger partial charge is 0.512 e. The van der Waals surface area contributed by atoms with Crippen LogP contribution >= 0.6 is 11.3 Å². The molecule has 0 unspecified atom stereocenters. The number of rotatable bonds is 8. The van der Waals surface area contributed by atoms with Crippen molar-refractivity contribution in [2.75, 3.05) is 0 Å². The summed E-state index contributed by atoms with van der Waals surface area (Å²) in [6.45, 7) is 20.9. The van der Waals surface area contributed by atoms with E-state index in [0.29, 0.717) is 0 Å². The molecule has 0 atom stereocenters. The summed E-state index contributed by atoms with van der Waals surface area (Å²) >= 11 is 1.80. The number of aliphatic hydroxyl groups is 1. The molecule has 0 aliphatic carbocycles. The summed E-state index contributed by atoms with van der Waals surface area (Å²) < 4.78 is 8.35. The normalized spacial score (nSPS) is 12.7. The van der Waals surface area contributed by atoms with E-state index < -0.39 is 0 Å². The minimum absolute atomic E-state index is 0. The molecule has 3 aromatic carbocycles. The van der Waals surface area contributed by atoms with Crippen molar-refractivity contribution in [3.63, 3.8) is 0 Å². The van der Waals surface area contributed by atoms with E-state index in [1.807, 2.05) is 54.7 Å². The van der Waals surface area contributed by atoms with Crippen LogP contribution in [0.2, 0.25) is 0 Å². The quantitative estimate of drug-likeness (QED) is 0.0941. The SMILES string of the molecule is CCC(C)(CC)C(=O)/C=C(\O)C(C)(CC)CC.Cc1cc2cc3sc4c(-c5[c-]c6ccccc6c(C(C)(C)C)c5)nccc4c3cc2o1.[Ir]. The number of allylic oxidation sites excluding steroid dienone is 2. The summed E-state index contributed by atoms with van der Waals surface area (Å²) in [6, 6.07) is 23.1. The first kappa shape index (κ1) is 38.5. The van der Waals surface area contributed by atoms with Gasteiger partial charge < -0.3 is 9.52 Å². The summed E-state index contributed by atoms with van der Waals surface area (Å²) in [5.74, 6) is 1.23. The molecule has 1 radical (unpaired) electrons. The third-order valence-electron chi connectivity index (χ3n) is 10.6. The Morgan fingerprint density at radius 3 is 2.16 bits per heavy atom. The van der Waals surface area contributed by atoms with Gasteiger partial charge in [-0.2, -0.15) is 0 Å². The van der Waals surface area contributed by atoms with E-state index in [1.54, 1.807) is 11.3 Å². The number of hydrogen-bond donors (Lipinski definition) is 1. The van der Waals surface area contributed by atoms with Crippen molar-refractivity contribution in [2.24, 2.45) is 10.8 Å². The number of benzene rings is 3. The second-order valence-corrected chi connectivity index (χ2v) is 15.8. The molecule has 1 N–H and O–H groups in total. The molecular weight excluding hydrogens is 803 g/mol. The molecule has 0 saturated heterocycles. The first-order chi connectivity index (χ1) is 22.7. The molecule has 6 aromatic rings. The molecule has 0 aliphatic rings. The second-order valence-electron chi connectivity index (χ2n) is 14.7. The number of furan rings is 1. The topological polar surface area (TPSA) is 63.3 Å². The van der Waals surface area contributed by atoms with Crippen LogP contribution in [0, 0.1) is 23.8 Å². The Labute approximate surface area is 309 Å². The molecule has 49 heavy (non-hydrogen) atoms. The number of carbonyl (C=O) groups is 1. The molecule has 0 aliphatic heterocycles. The van der Waals surface area contributed by atoms with Crippen LogP contribution in [0.4, 0.5) is 0 Å². The van der Waals surface area contributed by atoms with Crippen molar-refractivity contribution < 1.29 is 34.4 Å². The maximum Gasteiger partial charge on any atom is 0.164 e. The van der Waals surface area contributed by atoms with E-state index in [-0.39, 0.29) is 47.9 Å². The predicted molar refractivity (Wildman–Crippen MR) is 205 cm³/mol. The fourth-order valence-corrected chi connectivity index (χ4v) is 7.45. The number of pyridine rings is 1. The van der Waals surface area contributed by atoms with Crippen molar-refractivity contribution >= 4 is 59.0 Å². The zero-order valence-corrected chi connectivity index (χ0v) is 33.8. The Morgan fingerprint density at radius 2 is 1.53 bits per heavy atom. The Kier molecular flexibility index (Phi) is 11.7. The molecule has 261 valence electrons. The molecule has 0 saturated carbocycles. The average Bonchev–Trinajstić information content (AvgIpc) is 3.63. The van der Waals surface area contributed by atoms with Crippen molar-refractivity contribution in [1.82, 2.24) is 4.98 Å². The summed E-state index contributed by atoms with van der Waals surface area (Å²) in [4.78, 5) is 17.0. The van der Waals surface area contributed by atoms with E-state index in [9.17, 15) is 9.90 Å². The minimum Gasteiger partial charge on any atom is -0.512 e. The van der Waals surface area contributed by atoms with Crippen LogP contribution in [0.1, 0.15) is 99.3 Å². The van der Waals surface area contributed by atoms with E-state index >= 15 is 0 Å². The first-order valence-electron chi connectivity index (χ1n) is 17.3. The fraction of sp³-hybridized carbons (Fsp3) is 0.395. The molecule has 0 bridgehead atoms. The Balaban J connectivity index is 0.000000260. The van der Waals surface area contributed by atoms with Crippen LogP contribution in [0.25, 0.3) is 53.2 Å². The van der Waals surface area contributed by atoms with Gasteiger partial charge in [-0.3, -0.25) is 9.78 Å². The van der Waals surface area contributed by atoms with Gasteiger partial charge in [0, 0.05) is 69.1 Å². The number of aromatic nitrogens is 1. The average molecular weight is 853 g/mol. The van der Waals surface area contributed by atoms with Gasteiger partial charge in [-0.05, 0) is 67.7 Å². The van der Waals surface area contributed by atoms with E-state index in [0.717, 1.165) is 59.1 Å². The van der Waals surface area contributed by atoms with E-state index in [4.69, 9.17) is 9.40 Å². The maximum atomic E-state index is 12.2. The van der Waals surface area contributed by atoms with Crippen LogP contribution in [-0.4, -0.2) is 15.9 Å². The maximum absolute atomic E-state index is 12.2. The van der Waals surface area contributed by atoms with E-state index in [1.165, 1.54) is 37.2 Å². The molecule has 3 aromatic heterocycles. The van der Waals surface area contributed by atoms with Gasteiger partial charge in [0.1, 0.15) is 17.1 Å². The Hall–Kier alpha value is -3.31. The Bertz CT molecular complexity index is 2140. The van der Waals surface area contributed by atoms with Crippen LogP contribution in [0.5, 0.6) is 0 Å². The molecule has 0 spiro atoms. The van der Waals surface area contributed by atoms with Crippen LogP contribution < -0.4 is 0 Å². The predicted octanol–water partition coefficient (Wildman–Crippen LogP) is 13.1. The molecule has 0 fully saturated rings. The van der Waals surface area contributed by atoms with Gasteiger partial charge in [-0.15, -0.1) is 40.5 Å². The van der Waals surface area contributed by atoms with Gasteiger partial charge in [0.05, 0.1) is 0 Å². The van der Waals surface area contributed by atoms with Crippen LogP contribution in [-0.2, 0) is 30.3 Å². The summed E-state index contributed by atoms with van der Waals surface area (Å²) in [6.07, 6.45) is 6.67. The monoisotopic (exact) mass is 853 g/mol. The minimum atomic E-state index is -0.337. The zero-order chi connectivity index (χ0) is 35.0. The second kappa shape index (κ2) is 14.9. The number of carbonyl (C=O) groups excluding carboxylic acids is 1. The van der Waals surface area contributed by atoms with Crippen molar-refractivity contribution in [3.05, 3.63) is 90.0 Å². The first-order valence-corrected chi connectivity index (χ1v) is 18.1. The Morgan fingerprint density at radius 1 is 0.878 bits per heavy atom. The molecule has 3 heterocycles. The molecule has 6 heteroatoms. The van der Waals surface area contributed by atoms with Gasteiger partial charge in [-0.1, -0.05) is 91.5 Å². The number of fused-ring (bicyclic) bond motifs is 5. The van der Waals surface area contributed by atoms with Crippen LogP contribution in [0.15, 0.2) is 77.0 Å². The van der Waals surface area contributed by atoms with Crippen molar-refractivity contribution in [2.45, 2.75) is 100 Å². The van der Waals surface area contributed by atoms with Crippen LogP contribution in [0.3, 0.4) is 0 Å². The standard InChI is InChI=1S/C28H22NOS.C15H28O2.Ir/c1-16-11-18-14-25-22(15-24(18)30-16)21-9-10-29-26(27(21)31-25)19-12-17-7-5-6-8-20(17)23(13-19)28(2,3)4;1-7-14(5,8-2)12(16)11-13(17)15(6,9-3)10-4;/h5-11,13-15H,1-4H3;11,16H,7-10H2,1-6H3;/q-1;;/b;12-11-;. The zero-order valence-electron chi connectivity index (χ0n) is 30.6. The summed E-state index contributed by atoms with van der Waals surface area (Å²) in [5, 5.41) is 16.1. The number of nitrogens with zero attached hydrogens (tertiary/aromatic N) is 1. The number of aliphatic hydroxyl groups excluding tert-OH is 1. The fourth-order valence-electron chi connectivity index (χ4n) is 6.22. The summed E-state index contributed by atoms with van der Waals surface area (Å²) in [5.41, 5.74) is 3.75. The number of ketones is 1. The van der Waals surface area contributed by atoms with Gasteiger partial charge in [-0.25, -0.2) is 0 Å². The smallest absolute Gasteiger partial charge is 0.164 e. The van der Waals surface area contributed by atoms with Crippen molar-refractivity contribution in [3.8, 4) is 11.3 Å². The number of hydrogen-bond acceptors (Lipinski definition) is 5. The number of thiophene rings is 1. The van der Waals surface area contributed by atoms with Gasteiger partial charge >= 0.3 is 0 Å². The number of aryl methyl sites for hydroxylation is 1. The third-order valence-corrected chi connectivity index (χ3v) is 11.8. The molecule has 6 rings (SSSR count). The third kappa shape index (κ3) is 7.57. The van der Waals surface area contributed by atoms with Gasteiger partial charge in [0.25, 0.3) is 0 Å². The van der Waals surface area contributed by atoms with Gasteiger partial charge in [0.15, 0.2) is 5.78 Å². The molecule has 4 nitrogen and oxygen atoms in total. The van der Waals surface area contributed by atoms with Gasteiger partial charge in [0.2, 0.25) is 0 Å². The molecular formula is C43H50IrNO3S-. The van der Waals surface area contributed by atoms with E-state index in [2.05, 4.69) is 81.4 Å². The summed E-state index contributed by atoms with van der Waals surface area (Å²) in [7, 11) is 0. The molecule has 0 amide bonds.